The van der Waals surface area contributed by atoms with Crippen molar-refractivity contribution in [3.63, 3.8) is 0 Å². The van der Waals surface area contributed by atoms with Crippen LogP contribution in [0.25, 0.3) is 0 Å². The van der Waals surface area contributed by atoms with Crippen LogP contribution in [0.1, 0.15) is 75.2 Å². The molecule has 0 atom stereocenters. The van der Waals surface area contributed by atoms with Gasteiger partial charge in [-0.15, -0.1) is 0 Å². The van der Waals surface area contributed by atoms with E-state index in [1.54, 1.807) is 38.5 Å². The second kappa shape index (κ2) is 9.40. The van der Waals surface area contributed by atoms with Crippen molar-refractivity contribution < 1.29 is 29.0 Å². The van der Waals surface area contributed by atoms with Crippen LogP contribution in [0.15, 0.2) is 65.0 Å². The maximum Gasteiger partial charge on any atom is 0.335 e. The normalized spacial score (nSPS) is 20.5. The van der Waals surface area contributed by atoms with E-state index in [-0.39, 0.29) is 28.0 Å². The van der Waals surface area contributed by atoms with Gasteiger partial charge >= 0.3 is 5.97 Å². The summed E-state index contributed by atoms with van der Waals surface area (Å²) in [6, 6.07) is 12.3. The van der Waals surface area contributed by atoms with Gasteiger partial charge in [-0.1, -0.05) is 33.8 Å². The molecule has 0 amide bonds. The van der Waals surface area contributed by atoms with Crippen LogP contribution in [-0.2, 0) is 9.59 Å². The third-order valence-electron chi connectivity index (χ3n) is 8.02. The van der Waals surface area contributed by atoms with Crippen molar-refractivity contribution in [2.75, 3.05) is 19.1 Å². The second-order valence-electron chi connectivity index (χ2n) is 12.3. The van der Waals surface area contributed by atoms with E-state index in [4.69, 9.17) is 9.47 Å². The summed E-state index contributed by atoms with van der Waals surface area (Å²) in [5.74, 6) is -0.353. The number of hydrogen-bond acceptors (Lipinski definition) is 6. The fourth-order valence-electron chi connectivity index (χ4n) is 6.40. The number of ether oxygens (including phenoxy) is 2. The summed E-state index contributed by atoms with van der Waals surface area (Å²) in [5, 5.41) is 9.47. The molecule has 0 saturated carbocycles. The van der Waals surface area contributed by atoms with E-state index in [9.17, 15) is 19.5 Å². The molecule has 2 aromatic rings. The van der Waals surface area contributed by atoms with Gasteiger partial charge in [0, 0.05) is 47.0 Å². The fourth-order valence-corrected chi connectivity index (χ4v) is 6.40. The molecule has 0 aromatic heterocycles. The first-order valence-electron chi connectivity index (χ1n) is 13.2. The quantitative estimate of drug-likeness (QED) is 0.486. The number of carbonyl (C=O) groups excluding carboxylic acids is 2. The molecular weight excluding hydrogens is 494 g/mol. The van der Waals surface area contributed by atoms with E-state index in [1.807, 2.05) is 18.2 Å². The number of carboxylic acids is 1. The lowest BCUT2D eigenvalue weighted by molar-refractivity contribution is -0.119. The van der Waals surface area contributed by atoms with E-state index >= 15 is 0 Å². The van der Waals surface area contributed by atoms with Gasteiger partial charge in [-0.25, -0.2) is 4.79 Å². The first-order chi connectivity index (χ1) is 18.4. The number of rotatable bonds is 5. The number of benzene rings is 2. The van der Waals surface area contributed by atoms with Gasteiger partial charge in [0.1, 0.15) is 0 Å². The van der Waals surface area contributed by atoms with Gasteiger partial charge in [0.15, 0.2) is 23.1 Å². The number of nitrogens with zero attached hydrogens (tertiary/aromatic N) is 1. The van der Waals surface area contributed by atoms with Gasteiger partial charge in [0.2, 0.25) is 0 Å². The molecule has 39 heavy (non-hydrogen) atoms. The molecule has 1 N–H and O–H groups in total. The van der Waals surface area contributed by atoms with Crippen LogP contribution in [0.5, 0.6) is 11.5 Å². The summed E-state index contributed by atoms with van der Waals surface area (Å²) in [7, 11) is 3.15. The summed E-state index contributed by atoms with van der Waals surface area (Å²) in [4.78, 5) is 41.6. The first kappa shape index (κ1) is 26.7. The number of aromatic carboxylic acids is 1. The zero-order chi connectivity index (χ0) is 28.3. The third-order valence-corrected chi connectivity index (χ3v) is 8.02. The average Bonchev–Trinajstić information content (AvgIpc) is 2.85. The Morgan fingerprint density at radius 3 is 1.77 bits per heavy atom. The largest absolute Gasteiger partial charge is 0.493 e. The highest BCUT2D eigenvalue weighted by atomic mass is 16.5. The predicted octanol–water partition coefficient (Wildman–Crippen LogP) is 6.29. The summed E-state index contributed by atoms with van der Waals surface area (Å²) in [5.41, 5.74) is 4.23. The van der Waals surface area contributed by atoms with Crippen molar-refractivity contribution in [3.05, 3.63) is 76.1 Å². The van der Waals surface area contributed by atoms with Gasteiger partial charge in [-0.05, 0) is 65.6 Å². The highest BCUT2D eigenvalue weighted by Crippen LogP contribution is 2.55. The smallest absolute Gasteiger partial charge is 0.335 e. The zero-order valence-corrected chi connectivity index (χ0v) is 23.4. The number of carboxylic acid groups (broad SMARTS) is 1. The van der Waals surface area contributed by atoms with Crippen LogP contribution >= 0.6 is 0 Å². The molecular formula is C32H35NO6. The fraction of sp³-hybridized carbons (Fsp3) is 0.406. The number of anilines is 1. The highest BCUT2D eigenvalue weighted by Gasteiger charge is 2.49. The Morgan fingerprint density at radius 2 is 1.31 bits per heavy atom. The Kier molecular flexibility index (Phi) is 6.44. The van der Waals surface area contributed by atoms with Crippen LogP contribution < -0.4 is 14.4 Å². The monoisotopic (exact) mass is 529 g/mol. The number of carbonyl (C=O) groups is 3. The van der Waals surface area contributed by atoms with Gasteiger partial charge in [-0.3, -0.25) is 9.59 Å². The molecule has 1 aliphatic heterocycles. The van der Waals surface area contributed by atoms with Gasteiger partial charge in [0.25, 0.3) is 0 Å². The third kappa shape index (κ3) is 4.64. The highest BCUT2D eigenvalue weighted by molar-refractivity contribution is 6.08. The van der Waals surface area contributed by atoms with E-state index in [1.165, 1.54) is 0 Å². The lowest BCUT2D eigenvalue weighted by Crippen LogP contribution is -2.44. The van der Waals surface area contributed by atoms with Crippen molar-refractivity contribution in [2.24, 2.45) is 10.8 Å². The van der Waals surface area contributed by atoms with E-state index in [2.05, 4.69) is 32.6 Å². The maximum absolute atomic E-state index is 14.0. The number of Topliss-reactive ketones (excluding diaryl/α,β-unsaturated/α-hetero) is 2. The van der Waals surface area contributed by atoms with Crippen LogP contribution in [-0.4, -0.2) is 36.9 Å². The zero-order valence-electron chi connectivity index (χ0n) is 23.4. The molecule has 0 saturated heterocycles. The Labute approximate surface area is 229 Å². The van der Waals surface area contributed by atoms with E-state index < -0.39 is 11.9 Å². The summed E-state index contributed by atoms with van der Waals surface area (Å²) >= 11 is 0. The summed E-state index contributed by atoms with van der Waals surface area (Å²) < 4.78 is 11.1. The van der Waals surface area contributed by atoms with Crippen molar-refractivity contribution in [1.29, 1.82) is 0 Å². The molecule has 0 unspecified atom stereocenters. The minimum absolute atomic E-state index is 0.0253. The van der Waals surface area contributed by atoms with Crippen LogP contribution in [0.2, 0.25) is 0 Å². The number of hydrogen-bond donors (Lipinski definition) is 1. The molecule has 7 heteroatoms. The number of allylic oxidation sites excluding steroid dienone is 4. The summed E-state index contributed by atoms with van der Waals surface area (Å²) in [6.07, 6.45) is 2.04. The SMILES string of the molecule is COc1ccc(C2C3=C(CC(C)(C)CC3=O)N(c3ccc(C(=O)O)cc3)C3=C2C(=O)CC(C)(C)C3)cc1OC. The first-order valence-corrected chi connectivity index (χ1v) is 13.2. The van der Waals surface area contributed by atoms with E-state index in [0.717, 1.165) is 22.6 Å². The molecule has 2 aromatic carbocycles. The van der Waals surface area contributed by atoms with Crippen molar-refractivity contribution in [2.45, 2.75) is 59.3 Å². The predicted molar refractivity (Wildman–Crippen MR) is 148 cm³/mol. The number of ketones is 2. The van der Waals surface area contributed by atoms with Gasteiger partial charge < -0.3 is 19.5 Å². The molecule has 5 rings (SSSR count). The van der Waals surface area contributed by atoms with Gasteiger partial charge in [-0.2, -0.15) is 0 Å². The number of methoxy groups -OCH3 is 2. The Hall–Kier alpha value is -3.87. The van der Waals surface area contributed by atoms with Crippen LogP contribution in [0.4, 0.5) is 5.69 Å². The molecule has 0 radical (unpaired) electrons. The topological polar surface area (TPSA) is 93.1 Å². The summed E-state index contributed by atoms with van der Waals surface area (Å²) in [6.45, 7) is 8.36. The Morgan fingerprint density at radius 1 is 0.795 bits per heavy atom. The molecule has 7 nitrogen and oxygen atoms in total. The second-order valence-corrected chi connectivity index (χ2v) is 12.3. The van der Waals surface area contributed by atoms with Crippen molar-refractivity contribution >= 4 is 23.2 Å². The maximum atomic E-state index is 14.0. The van der Waals surface area contributed by atoms with Crippen molar-refractivity contribution in [1.82, 2.24) is 0 Å². The molecule has 2 aliphatic carbocycles. The molecule has 3 aliphatic rings. The minimum atomic E-state index is -1.00. The Balaban J connectivity index is 1.81. The van der Waals surface area contributed by atoms with Gasteiger partial charge in [0.05, 0.1) is 19.8 Å². The standard InChI is InChI=1S/C32H35NO6/c1-31(2)14-21-28(23(34)16-31)27(19-9-12-25(38-5)26(13-19)39-6)29-22(15-32(3,4)17-24(29)35)33(21)20-10-7-18(8-11-20)30(36)37/h7-13,27H,14-17H2,1-6H3,(H,36,37). The molecule has 204 valence electrons. The molecule has 1 heterocycles. The lowest BCUT2D eigenvalue weighted by Gasteiger charge is -2.49. The van der Waals surface area contributed by atoms with E-state index in [0.29, 0.717) is 48.3 Å². The Bertz CT molecular complexity index is 1390. The molecule has 0 fully saturated rings. The molecule has 0 spiro atoms. The lowest BCUT2D eigenvalue weighted by atomic mass is 9.63. The van der Waals surface area contributed by atoms with Crippen LogP contribution in [0, 0.1) is 10.8 Å². The van der Waals surface area contributed by atoms with Crippen molar-refractivity contribution in [3.8, 4) is 11.5 Å². The molecule has 0 bridgehead atoms. The average molecular weight is 530 g/mol. The minimum Gasteiger partial charge on any atom is -0.493 e. The van der Waals surface area contributed by atoms with Crippen LogP contribution in [0.3, 0.4) is 0 Å².